The van der Waals surface area contributed by atoms with Gasteiger partial charge in [-0.2, -0.15) is 0 Å². The topological polar surface area (TPSA) is 33.6 Å². The highest BCUT2D eigenvalue weighted by atomic mass is 16.5. The van der Waals surface area contributed by atoms with Crippen LogP contribution in [0.3, 0.4) is 0 Å². The van der Waals surface area contributed by atoms with Crippen molar-refractivity contribution >= 4 is 6.21 Å². The Morgan fingerprint density at radius 1 is 1.44 bits per heavy atom. The van der Waals surface area contributed by atoms with Crippen molar-refractivity contribution in [1.82, 2.24) is 5.32 Å². The molecule has 1 atom stereocenters. The van der Waals surface area contributed by atoms with Crippen LogP contribution in [0.1, 0.15) is 46.0 Å². The summed E-state index contributed by atoms with van der Waals surface area (Å²) in [4.78, 5) is 4.51. The molecule has 0 aromatic carbocycles. The number of nitrogens with zero attached hydrogens (tertiary/aromatic N) is 1. The van der Waals surface area contributed by atoms with Crippen LogP contribution in [0.4, 0.5) is 0 Å². The van der Waals surface area contributed by atoms with Crippen molar-refractivity contribution in [3.63, 3.8) is 0 Å². The van der Waals surface area contributed by atoms with Crippen LogP contribution < -0.4 is 5.32 Å². The molecular formula is C13H26N2O. The summed E-state index contributed by atoms with van der Waals surface area (Å²) in [5.74, 6) is 1.04. The second kappa shape index (κ2) is 8.71. The first kappa shape index (κ1) is 13.7. The highest BCUT2D eigenvalue weighted by Crippen LogP contribution is 2.33. The first-order chi connectivity index (χ1) is 7.86. The average molecular weight is 226 g/mol. The smallest absolute Gasteiger partial charge is 0.123 e. The number of ether oxygens (including phenoxy) is 1. The lowest BCUT2D eigenvalue weighted by Crippen LogP contribution is -2.31. The largest absolute Gasteiger partial charge is 0.378 e. The predicted octanol–water partition coefficient (Wildman–Crippen LogP) is 2.61. The minimum atomic E-state index is 0.144. The fraction of sp³-hybridized carbons (Fsp3) is 0.923. The van der Waals surface area contributed by atoms with Gasteiger partial charge in [0.25, 0.3) is 0 Å². The fourth-order valence-electron chi connectivity index (χ4n) is 1.73. The summed E-state index contributed by atoms with van der Waals surface area (Å²) in [6, 6.07) is 0. The summed E-state index contributed by atoms with van der Waals surface area (Å²) in [7, 11) is 0. The number of unbranched alkanes of at least 4 members (excludes halogenated alkanes) is 1. The van der Waals surface area contributed by atoms with Gasteiger partial charge in [0.15, 0.2) is 0 Å². The summed E-state index contributed by atoms with van der Waals surface area (Å²) in [5, 5.41) is 3.31. The molecule has 0 aromatic rings. The van der Waals surface area contributed by atoms with Gasteiger partial charge in [0, 0.05) is 12.8 Å². The van der Waals surface area contributed by atoms with Gasteiger partial charge < -0.3 is 4.74 Å². The molecule has 0 amide bonds. The lowest BCUT2D eigenvalue weighted by Gasteiger charge is -2.12. The molecule has 1 aliphatic rings. The van der Waals surface area contributed by atoms with Crippen LogP contribution in [0.15, 0.2) is 4.99 Å². The summed E-state index contributed by atoms with van der Waals surface area (Å²) in [6.07, 6.45) is 8.93. The molecule has 0 spiro atoms. The number of likely N-dealkylation sites (N-methyl/N-ethyl adjacent to an activating group) is 1. The molecule has 94 valence electrons. The van der Waals surface area contributed by atoms with Gasteiger partial charge in [-0.3, -0.25) is 10.3 Å². The lowest BCUT2D eigenvalue weighted by molar-refractivity contribution is 0.125. The minimum Gasteiger partial charge on any atom is -0.378 e. The van der Waals surface area contributed by atoms with Crippen molar-refractivity contribution in [2.45, 2.75) is 52.1 Å². The van der Waals surface area contributed by atoms with Gasteiger partial charge in [-0.25, -0.2) is 0 Å². The zero-order valence-electron chi connectivity index (χ0n) is 10.7. The van der Waals surface area contributed by atoms with Gasteiger partial charge >= 0.3 is 0 Å². The van der Waals surface area contributed by atoms with Crippen molar-refractivity contribution < 1.29 is 4.74 Å². The SMILES string of the molecule is CCNC(COCC)N=CCCCC1CC1. The molecule has 0 radical (unpaired) electrons. The fourth-order valence-corrected chi connectivity index (χ4v) is 1.73. The van der Waals surface area contributed by atoms with E-state index < -0.39 is 0 Å². The van der Waals surface area contributed by atoms with E-state index in [0.717, 1.165) is 25.5 Å². The molecule has 1 aliphatic carbocycles. The Morgan fingerprint density at radius 3 is 2.88 bits per heavy atom. The summed E-state index contributed by atoms with van der Waals surface area (Å²) in [6.45, 7) is 6.50. The van der Waals surface area contributed by atoms with Gasteiger partial charge in [0.1, 0.15) is 6.17 Å². The van der Waals surface area contributed by atoms with Gasteiger partial charge in [-0.1, -0.05) is 26.2 Å². The first-order valence-electron chi connectivity index (χ1n) is 6.69. The maximum absolute atomic E-state index is 5.38. The summed E-state index contributed by atoms with van der Waals surface area (Å²) < 4.78 is 5.38. The normalized spacial score (nSPS) is 18.1. The number of rotatable bonds is 10. The highest BCUT2D eigenvalue weighted by molar-refractivity contribution is 5.57. The molecule has 1 rings (SSSR count). The second-order valence-electron chi connectivity index (χ2n) is 4.44. The van der Waals surface area contributed by atoms with E-state index in [1.54, 1.807) is 0 Å². The molecular weight excluding hydrogens is 200 g/mol. The Bertz CT molecular complexity index is 190. The quantitative estimate of drug-likeness (QED) is 0.459. The third kappa shape index (κ3) is 6.96. The van der Waals surface area contributed by atoms with Crippen LogP contribution in [0.2, 0.25) is 0 Å². The number of nitrogens with one attached hydrogen (secondary N) is 1. The average Bonchev–Trinajstić information content (AvgIpc) is 3.09. The lowest BCUT2D eigenvalue weighted by atomic mass is 10.2. The monoisotopic (exact) mass is 226 g/mol. The molecule has 1 unspecified atom stereocenters. The first-order valence-corrected chi connectivity index (χ1v) is 6.69. The number of hydrogen-bond acceptors (Lipinski definition) is 3. The summed E-state index contributed by atoms with van der Waals surface area (Å²) in [5.41, 5.74) is 0. The van der Waals surface area contributed by atoms with Crippen LogP contribution in [0.5, 0.6) is 0 Å². The molecule has 0 heterocycles. The second-order valence-corrected chi connectivity index (χ2v) is 4.44. The van der Waals surface area contributed by atoms with E-state index >= 15 is 0 Å². The Balaban J connectivity index is 2.04. The molecule has 0 aliphatic heterocycles. The predicted molar refractivity (Wildman–Crippen MR) is 69.0 cm³/mol. The van der Waals surface area contributed by atoms with Crippen LogP contribution in [-0.4, -0.2) is 32.1 Å². The minimum absolute atomic E-state index is 0.144. The van der Waals surface area contributed by atoms with E-state index in [4.69, 9.17) is 4.74 Å². The van der Waals surface area contributed by atoms with Crippen molar-refractivity contribution in [1.29, 1.82) is 0 Å². The third-order valence-corrected chi connectivity index (χ3v) is 2.85. The molecule has 3 nitrogen and oxygen atoms in total. The molecule has 1 fully saturated rings. The standard InChI is InChI=1S/C13H26N2O/c1-3-14-13(11-16-4-2)15-10-6-5-7-12-8-9-12/h10,12-14H,3-9,11H2,1-2H3. The molecule has 16 heavy (non-hydrogen) atoms. The zero-order valence-corrected chi connectivity index (χ0v) is 10.7. The van der Waals surface area contributed by atoms with Crippen LogP contribution in [0.25, 0.3) is 0 Å². The zero-order chi connectivity index (χ0) is 11.6. The molecule has 3 heteroatoms. The van der Waals surface area contributed by atoms with Crippen molar-refractivity contribution in [2.24, 2.45) is 10.9 Å². The van der Waals surface area contributed by atoms with Crippen molar-refractivity contribution in [3.8, 4) is 0 Å². The third-order valence-electron chi connectivity index (χ3n) is 2.85. The Kier molecular flexibility index (Phi) is 7.43. The van der Waals surface area contributed by atoms with Gasteiger partial charge in [-0.15, -0.1) is 0 Å². The molecule has 0 bridgehead atoms. The van der Waals surface area contributed by atoms with Gasteiger partial charge in [0.2, 0.25) is 0 Å². The Hall–Kier alpha value is -0.410. The highest BCUT2D eigenvalue weighted by Gasteiger charge is 2.19. The maximum atomic E-state index is 5.38. The van der Waals surface area contributed by atoms with E-state index in [1.165, 1.54) is 25.7 Å². The number of aliphatic imine (C=N–C) groups is 1. The Morgan fingerprint density at radius 2 is 2.25 bits per heavy atom. The molecule has 1 N–H and O–H groups in total. The van der Waals surface area contributed by atoms with Gasteiger partial charge in [-0.05, 0) is 32.2 Å². The summed E-state index contributed by atoms with van der Waals surface area (Å²) >= 11 is 0. The van der Waals surface area contributed by atoms with E-state index in [1.807, 2.05) is 6.92 Å². The molecule has 0 aromatic heterocycles. The van der Waals surface area contributed by atoms with E-state index in [-0.39, 0.29) is 6.17 Å². The van der Waals surface area contributed by atoms with Crippen LogP contribution in [0, 0.1) is 5.92 Å². The van der Waals surface area contributed by atoms with Crippen LogP contribution >= 0.6 is 0 Å². The molecule has 1 saturated carbocycles. The van der Waals surface area contributed by atoms with Crippen LogP contribution in [-0.2, 0) is 4.74 Å². The Labute approximate surface area is 99.7 Å². The van der Waals surface area contributed by atoms with E-state index in [0.29, 0.717) is 6.61 Å². The van der Waals surface area contributed by atoms with Gasteiger partial charge in [0.05, 0.1) is 6.61 Å². The number of hydrogen-bond donors (Lipinski definition) is 1. The van der Waals surface area contributed by atoms with E-state index in [2.05, 4.69) is 23.4 Å². The van der Waals surface area contributed by atoms with Crippen molar-refractivity contribution in [3.05, 3.63) is 0 Å². The van der Waals surface area contributed by atoms with E-state index in [9.17, 15) is 0 Å². The molecule has 0 saturated heterocycles. The van der Waals surface area contributed by atoms with Crippen molar-refractivity contribution in [2.75, 3.05) is 19.8 Å². The maximum Gasteiger partial charge on any atom is 0.123 e.